The molecule has 2 aromatic rings. The Morgan fingerprint density at radius 2 is 1.52 bits per heavy atom. The largest absolute Gasteiger partial charge is 0.497 e. The first-order chi connectivity index (χ1) is 14.1. The number of aryl methyl sites for hydroxylation is 1. The maximum absolute atomic E-state index is 13.4. The summed E-state index contributed by atoms with van der Waals surface area (Å²) >= 11 is 0. The lowest BCUT2D eigenvalue weighted by Crippen LogP contribution is -2.36. The van der Waals surface area contributed by atoms with Crippen molar-refractivity contribution in [2.75, 3.05) is 20.2 Å². The van der Waals surface area contributed by atoms with Crippen molar-refractivity contribution in [1.82, 2.24) is 9.80 Å². The summed E-state index contributed by atoms with van der Waals surface area (Å²) in [5.41, 5.74) is 3.92. The van der Waals surface area contributed by atoms with Gasteiger partial charge in [-0.1, -0.05) is 42.0 Å². The Balaban J connectivity index is 1.71. The molecule has 2 heterocycles. The first-order valence-electron chi connectivity index (χ1n) is 10.1. The molecule has 0 bridgehead atoms. The number of piperidine rings is 1. The predicted octanol–water partition coefficient (Wildman–Crippen LogP) is 3.77. The highest BCUT2D eigenvalue weighted by molar-refractivity contribution is 6.35. The van der Waals surface area contributed by atoms with Gasteiger partial charge in [0.25, 0.3) is 11.8 Å². The molecule has 2 aliphatic heterocycles. The normalized spacial score (nSPS) is 17.3. The van der Waals surface area contributed by atoms with E-state index >= 15 is 0 Å². The van der Waals surface area contributed by atoms with Crippen molar-refractivity contribution in [3.8, 4) is 5.75 Å². The van der Waals surface area contributed by atoms with Crippen molar-refractivity contribution < 1.29 is 14.3 Å². The van der Waals surface area contributed by atoms with Crippen LogP contribution in [0.15, 0.2) is 54.2 Å². The van der Waals surface area contributed by atoms with Crippen LogP contribution in [0.25, 0.3) is 5.57 Å². The Morgan fingerprint density at radius 1 is 0.862 bits per heavy atom. The molecule has 0 spiro atoms. The number of methoxy groups -OCH3 is 1. The van der Waals surface area contributed by atoms with Gasteiger partial charge >= 0.3 is 0 Å². The minimum absolute atomic E-state index is 0.191. The number of benzene rings is 2. The van der Waals surface area contributed by atoms with Crippen molar-refractivity contribution in [3.05, 3.63) is 70.9 Å². The van der Waals surface area contributed by atoms with Crippen LogP contribution < -0.4 is 4.74 Å². The van der Waals surface area contributed by atoms with Gasteiger partial charge in [0.15, 0.2) is 0 Å². The predicted molar refractivity (Wildman–Crippen MR) is 112 cm³/mol. The molecule has 150 valence electrons. The van der Waals surface area contributed by atoms with E-state index < -0.39 is 0 Å². The van der Waals surface area contributed by atoms with Crippen LogP contribution in [-0.2, 0) is 16.1 Å². The lowest BCUT2D eigenvalue weighted by atomic mass is 10.0. The quantitative estimate of drug-likeness (QED) is 0.730. The van der Waals surface area contributed by atoms with Gasteiger partial charge in [0.1, 0.15) is 11.4 Å². The van der Waals surface area contributed by atoms with Crippen molar-refractivity contribution in [2.24, 2.45) is 0 Å². The van der Waals surface area contributed by atoms with Gasteiger partial charge in [-0.15, -0.1) is 0 Å². The molecule has 0 radical (unpaired) electrons. The number of hydrogen-bond donors (Lipinski definition) is 0. The van der Waals surface area contributed by atoms with Gasteiger partial charge in [0, 0.05) is 13.1 Å². The zero-order chi connectivity index (χ0) is 20.4. The molecule has 29 heavy (non-hydrogen) atoms. The molecule has 0 aliphatic carbocycles. The Hall–Kier alpha value is -3.08. The van der Waals surface area contributed by atoms with Gasteiger partial charge in [-0.3, -0.25) is 14.5 Å². The van der Waals surface area contributed by atoms with E-state index in [1.165, 1.54) is 4.90 Å². The van der Waals surface area contributed by atoms with E-state index in [9.17, 15) is 9.59 Å². The van der Waals surface area contributed by atoms with Gasteiger partial charge in [0.2, 0.25) is 0 Å². The number of carbonyl (C=O) groups excluding carboxylic acids is 2. The summed E-state index contributed by atoms with van der Waals surface area (Å²) < 4.78 is 5.24. The fourth-order valence-corrected chi connectivity index (χ4v) is 4.01. The van der Waals surface area contributed by atoms with E-state index in [0.29, 0.717) is 11.3 Å². The summed E-state index contributed by atoms with van der Waals surface area (Å²) in [6.45, 7) is 3.93. The molecule has 0 N–H and O–H groups in total. The minimum atomic E-state index is -0.221. The maximum atomic E-state index is 13.4. The summed E-state index contributed by atoms with van der Waals surface area (Å²) in [7, 11) is 1.61. The summed E-state index contributed by atoms with van der Waals surface area (Å²) in [6.07, 6.45) is 3.24. The smallest absolute Gasteiger partial charge is 0.278 e. The van der Waals surface area contributed by atoms with Gasteiger partial charge in [-0.2, -0.15) is 0 Å². The van der Waals surface area contributed by atoms with E-state index in [0.717, 1.165) is 54.8 Å². The Bertz CT molecular complexity index is 939. The number of rotatable bonds is 5. The molecule has 5 nitrogen and oxygen atoms in total. The third kappa shape index (κ3) is 3.77. The minimum Gasteiger partial charge on any atom is -0.497 e. The third-order valence-corrected chi connectivity index (χ3v) is 5.66. The molecule has 0 unspecified atom stereocenters. The molecule has 2 aliphatic rings. The van der Waals surface area contributed by atoms with Crippen molar-refractivity contribution in [3.63, 3.8) is 0 Å². The summed E-state index contributed by atoms with van der Waals surface area (Å²) in [5.74, 6) is 0.312. The first kappa shape index (κ1) is 19.2. The highest BCUT2D eigenvalue weighted by Gasteiger charge is 2.41. The van der Waals surface area contributed by atoms with E-state index in [1.807, 2.05) is 55.5 Å². The average molecular weight is 390 g/mol. The van der Waals surface area contributed by atoms with Crippen LogP contribution in [0.3, 0.4) is 0 Å². The Kier molecular flexibility index (Phi) is 5.38. The Labute approximate surface area is 171 Å². The maximum Gasteiger partial charge on any atom is 0.278 e. The molecule has 0 aromatic heterocycles. The van der Waals surface area contributed by atoms with Crippen LogP contribution >= 0.6 is 0 Å². The van der Waals surface area contributed by atoms with Crippen LogP contribution in [0.1, 0.15) is 36.0 Å². The zero-order valence-electron chi connectivity index (χ0n) is 17.0. The zero-order valence-corrected chi connectivity index (χ0v) is 17.0. The highest BCUT2D eigenvalue weighted by atomic mass is 16.5. The molecule has 4 rings (SSSR count). The molecule has 0 saturated carbocycles. The van der Waals surface area contributed by atoms with E-state index in [1.54, 1.807) is 7.11 Å². The van der Waals surface area contributed by atoms with E-state index in [-0.39, 0.29) is 18.4 Å². The van der Waals surface area contributed by atoms with Gasteiger partial charge in [-0.25, -0.2) is 0 Å². The average Bonchev–Trinajstić information content (AvgIpc) is 3.00. The summed E-state index contributed by atoms with van der Waals surface area (Å²) in [4.78, 5) is 30.2. The molecule has 0 atom stereocenters. The summed E-state index contributed by atoms with van der Waals surface area (Å²) in [5, 5.41) is 0. The van der Waals surface area contributed by atoms with Crippen molar-refractivity contribution >= 4 is 17.4 Å². The molecular weight excluding hydrogens is 364 g/mol. The van der Waals surface area contributed by atoms with E-state index in [4.69, 9.17) is 4.74 Å². The fraction of sp³-hybridized carbons (Fsp3) is 0.333. The van der Waals surface area contributed by atoms with Crippen LogP contribution in [0.2, 0.25) is 0 Å². The second kappa shape index (κ2) is 8.11. The number of amides is 2. The molecule has 2 amide bonds. The van der Waals surface area contributed by atoms with E-state index in [2.05, 4.69) is 4.90 Å². The topological polar surface area (TPSA) is 49.9 Å². The van der Waals surface area contributed by atoms with Crippen LogP contribution in [0, 0.1) is 6.92 Å². The third-order valence-electron chi connectivity index (χ3n) is 5.66. The van der Waals surface area contributed by atoms with Crippen LogP contribution in [0.4, 0.5) is 0 Å². The monoisotopic (exact) mass is 390 g/mol. The van der Waals surface area contributed by atoms with Gasteiger partial charge in [0.05, 0.1) is 19.2 Å². The second-order valence-corrected chi connectivity index (χ2v) is 7.68. The van der Waals surface area contributed by atoms with Crippen molar-refractivity contribution in [2.45, 2.75) is 32.7 Å². The molecule has 2 aromatic carbocycles. The molecule has 1 fully saturated rings. The molecule has 5 heteroatoms. The number of nitrogens with zero attached hydrogens (tertiary/aromatic N) is 2. The second-order valence-electron chi connectivity index (χ2n) is 7.68. The SMILES string of the molecule is COc1ccc(C2=C(N3CCCCC3)C(=O)N(Cc3ccc(C)cc3)C2=O)cc1. The number of imide groups is 1. The van der Waals surface area contributed by atoms with Crippen LogP contribution in [-0.4, -0.2) is 41.8 Å². The Morgan fingerprint density at radius 3 is 2.14 bits per heavy atom. The lowest BCUT2D eigenvalue weighted by molar-refractivity contribution is -0.138. The fourth-order valence-electron chi connectivity index (χ4n) is 4.01. The van der Waals surface area contributed by atoms with Gasteiger partial charge < -0.3 is 9.64 Å². The highest BCUT2D eigenvalue weighted by Crippen LogP contribution is 2.34. The summed E-state index contributed by atoms with van der Waals surface area (Å²) in [6, 6.07) is 15.3. The van der Waals surface area contributed by atoms with Crippen LogP contribution in [0.5, 0.6) is 5.75 Å². The number of carbonyl (C=O) groups is 2. The standard InChI is InChI=1S/C24H26N2O3/c1-17-6-8-18(9-7-17)16-26-23(27)21(19-10-12-20(29-2)13-11-19)22(24(26)28)25-14-4-3-5-15-25/h6-13H,3-5,14-16H2,1-2H3. The number of hydrogen-bond acceptors (Lipinski definition) is 4. The van der Waals surface area contributed by atoms with Gasteiger partial charge in [-0.05, 0) is 49.4 Å². The number of likely N-dealkylation sites (tertiary alicyclic amines) is 1. The lowest BCUT2D eigenvalue weighted by Gasteiger charge is -2.29. The number of ether oxygens (including phenoxy) is 1. The molecule has 1 saturated heterocycles. The first-order valence-corrected chi connectivity index (χ1v) is 10.1. The van der Waals surface area contributed by atoms with Crippen molar-refractivity contribution in [1.29, 1.82) is 0 Å². The molecular formula is C24H26N2O3.